The zero-order valence-corrected chi connectivity index (χ0v) is 18.2. The number of nitrogens with two attached hydrogens (primary N) is 1. The standard InChI is InChI=1S/C26H28N2O3/c1-17-14-21(20-12-8-5-9-13-20)26(15-18(17)2)23(27)22(24(29)31-3)28(25(26)30)16-19-10-6-4-7-11-19/h4-13,21H,14-16,27H2,1-3H3/t21-,26+/m0/s1. The highest BCUT2D eigenvalue weighted by molar-refractivity contribution is 6.03. The molecule has 2 N–H and O–H groups in total. The molecule has 0 fully saturated rings. The monoisotopic (exact) mass is 416 g/mol. The van der Waals surface area contributed by atoms with Crippen LogP contribution in [0.15, 0.2) is 83.2 Å². The van der Waals surface area contributed by atoms with Crippen LogP contribution in [0.5, 0.6) is 0 Å². The van der Waals surface area contributed by atoms with Gasteiger partial charge in [-0.2, -0.15) is 0 Å². The Labute approximate surface area is 183 Å². The smallest absolute Gasteiger partial charge is 0.356 e. The van der Waals surface area contributed by atoms with Gasteiger partial charge in [-0.25, -0.2) is 4.79 Å². The molecule has 0 aromatic heterocycles. The average molecular weight is 417 g/mol. The van der Waals surface area contributed by atoms with E-state index in [2.05, 4.69) is 13.8 Å². The van der Waals surface area contributed by atoms with Gasteiger partial charge in [0.05, 0.1) is 19.4 Å². The first-order valence-electron chi connectivity index (χ1n) is 10.5. The second kappa shape index (κ2) is 8.06. The first-order valence-corrected chi connectivity index (χ1v) is 10.5. The van der Waals surface area contributed by atoms with E-state index in [1.165, 1.54) is 17.6 Å². The van der Waals surface area contributed by atoms with Gasteiger partial charge in [0.2, 0.25) is 5.91 Å². The summed E-state index contributed by atoms with van der Waals surface area (Å²) in [5.41, 5.74) is 10.6. The highest BCUT2D eigenvalue weighted by atomic mass is 16.5. The highest BCUT2D eigenvalue weighted by Crippen LogP contribution is 2.57. The van der Waals surface area contributed by atoms with E-state index in [1.807, 2.05) is 60.7 Å². The lowest BCUT2D eigenvalue weighted by Crippen LogP contribution is -2.45. The Morgan fingerprint density at radius 3 is 2.29 bits per heavy atom. The summed E-state index contributed by atoms with van der Waals surface area (Å²) in [6.45, 7) is 4.44. The summed E-state index contributed by atoms with van der Waals surface area (Å²) in [7, 11) is 1.32. The molecule has 5 heteroatoms. The predicted molar refractivity (Wildman–Crippen MR) is 119 cm³/mol. The number of allylic oxidation sites excluding steroid dienone is 2. The van der Waals surface area contributed by atoms with Crippen LogP contribution in [0, 0.1) is 5.41 Å². The van der Waals surface area contributed by atoms with E-state index in [1.54, 1.807) is 0 Å². The third-order valence-electron chi connectivity index (χ3n) is 6.77. The molecule has 0 radical (unpaired) electrons. The van der Waals surface area contributed by atoms with Crippen molar-refractivity contribution in [2.75, 3.05) is 7.11 Å². The summed E-state index contributed by atoms with van der Waals surface area (Å²) in [5.74, 6) is -0.852. The molecule has 1 aliphatic heterocycles. The summed E-state index contributed by atoms with van der Waals surface area (Å²) in [5, 5.41) is 0. The van der Waals surface area contributed by atoms with Crippen LogP contribution >= 0.6 is 0 Å². The second-order valence-corrected chi connectivity index (χ2v) is 8.51. The Bertz CT molecular complexity index is 1070. The van der Waals surface area contributed by atoms with Crippen LogP contribution in [0.4, 0.5) is 0 Å². The molecule has 0 saturated carbocycles. The van der Waals surface area contributed by atoms with Gasteiger partial charge >= 0.3 is 5.97 Å². The topological polar surface area (TPSA) is 72.6 Å². The molecule has 2 aromatic carbocycles. The van der Waals surface area contributed by atoms with Gasteiger partial charge < -0.3 is 10.5 Å². The Balaban J connectivity index is 1.89. The highest BCUT2D eigenvalue weighted by Gasteiger charge is 2.59. The van der Waals surface area contributed by atoms with Crippen LogP contribution in [0.2, 0.25) is 0 Å². The molecule has 1 spiro atoms. The summed E-state index contributed by atoms with van der Waals surface area (Å²) < 4.78 is 5.06. The number of carbonyl (C=O) groups is 2. The molecule has 0 saturated heterocycles. The van der Waals surface area contributed by atoms with Crippen molar-refractivity contribution in [3.05, 3.63) is 94.3 Å². The molecule has 1 heterocycles. The largest absolute Gasteiger partial charge is 0.464 e. The number of rotatable bonds is 4. The molecule has 1 amide bonds. The van der Waals surface area contributed by atoms with Gasteiger partial charge in [0, 0.05) is 5.92 Å². The molecule has 31 heavy (non-hydrogen) atoms. The molecule has 160 valence electrons. The maximum absolute atomic E-state index is 14.1. The van der Waals surface area contributed by atoms with E-state index in [0.29, 0.717) is 12.1 Å². The van der Waals surface area contributed by atoms with Crippen LogP contribution in [0.25, 0.3) is 0 Å². The van der Waals surface area contributed by atoms with Crippen LogP contribution in [-0.2, 0) is 20.9 Å². The van der Waals surface area contributed by atoms with E-state index < -0.39 is 11.4 Å². The van der Waals surface area contributed by atoms with Gasteiger partial charge in [0.25, 0.3) is 0 Å². The molecule has 2 aromatic rings. The quantitative estimate of drug-likeness (QED) is 0.597. The fraction of sp³-hybridized carbons (Fsp3) is 0.308. The number of ether oxygens (including phenoxy) is 1. The number of benzene rings is 2. The van der Waals surface area contributed by atoms with Crippen LogP contribution < -0.4 is 5.73 Å². The number of methoxy groups -OCH3 is 1. The third kappa shape index (κ3) is 3.34. The number of esters is 1. The molecular weight excluding hydrogens is 388 g/mol. The average Bonchev–Trinajstić information content (AvgIpc) is 2.99. The fourth-order valence-corrected chi connectivity index (χ4v) is 4.99. The molecule has 1 aliphatic carbocycles. The van der Waals surface area contributed by atoms with Crippen LogP contribution in [0.1, 0.15) is 43.7 Å². The Kier molecular flexibility index (Phi) is 5.44. The van der Waals surface area contributed by atoms with Crippen molar-refractivity contribution in [2.24, 2.45) is 11.1 Å². The van der Waals surface area contributed by atoms with E-state index >= 15 is 0 Å². The summed E-state index contributed by atoms with van der Waals surface area (Å²) >= 11 is 0. The second-order valence-electron chi connectivity index (χ2n) is 8.51. The van der Waals surface area contributed by atoms with Crippen LogP contribution in [0.3, 0.4) is 0 Å². The normalized spacial score (nSPS) is 23.6. The zero-order chi connectivity index (χ0) is 22.2. The first-order chi connectivity index (χ1) is 14.9. The Morgan fingerprint density at radius 2 is 1.68 bits per heavy atom. The molecule has 0 unspecified atom stereocenters. The van der Waals surface area contributed by atoms with Crippen molar-refractivity contribution in [1.29, 1.82) is 0 Å². The molecule has 4 rings (SSSR count). The minimum absolute atomic E-state index is 0.130. The van der Waals surface area contributed by atoms with Gasteiger partial charge in [0.1, 0.15) is 5.41 Å². The fourth-order valence-electron chi connectivity index (χ4n) is 4.99. The van der Waals surface area contributed by atoms with E-state index in [9.17, 15) is 9.59 Å². The van der Waals surface area contributed by atoms with Crippen molar-refractivity contribution in [2.45, 2.75) is 39.2 Å². The van der Waals surface area contributed by atoms with Crippen molar-refractivity contribution in [3.63, 3.8) is 0 Å². The minimum Gasteiger partial charge on any atom is -0.464 e. The zero-order valence-electron chi connectivity index (χ0n) is 18.2. The van der Waals surface area contributed by atoms with E-state index in [-0.39, 0.29) is 24.1 Å². The summed E-state index contributed by atoms with van der Waals surface area (Å²) in [6, 6.07) is 19.6. The molecule has 5 nitrogen and oxygen atoms in total. The number of amides is 1. The number of nitrogens with zero attached hydrogens (tertiary/aromatic N) is 1. The first kappa shape index (κ1) is 20.9. The van der Waals surface area contributed by atoms with Crippen LogP contribution in [-0.4, -0.2) is 23.9 Å². The number of carbonyl (C=O) groups excluding carboxylic acids is 2. The summed E-state index contributed by atoms with van der Waals surface area (Å²) in [6.07, 6.45) is 1.21. The van der Waals surface area contributed by atoms with Crippen molar-refractivity contribution in [3.8, 4) is 0 Å². The van der Waals surface area contributed by atoms with Gasteiger partial charge in [-0.1, -0.05) is 71.8 Å². The van der Waals surface area contributed by atoms with Crippen molar-refractivity contribution >= 4 is 11.9 Å². The van der Waals surface area contributed by atoms with Crippen molar-refractivity contribution < 1.29 is 14.3 Å². The molecule has 2 atom stereocenters. The van der Waals surface area contributed by atoms with Crippen molar-refractivity contribution in [1.82, 2.24) is 4.90 Å². The van der Waals surface area contributed by atoms with Gasteiger partial charge in [-0.05, 0) is 37.8 Å². The summed E-state index contributed by atoms with van der Waals surface area (Å²) in [4.78, 5) is 28.5. The predicted octanol–water partition coefficient (Wildman–Crippen LogP) is 4.27. The maximum atomic E-state index is 14.1. The lowest BCUT2D eigenvalue weighted by Gasteiger charge is -2.42. The molecule has 2 aliphatic rings. The third-order valence-corrected chi connectivity index (χ3v) is 6.77. The molecule has 0 bridgehead atoms. The van der Waals surface area contributed by atoms with E-state index in [4.69, 9.17) is 10.5 Å². The number of hydrogen-bond acceptors (Lipinski definition) is 4. The van der Waals surface area contributed by atoms with Gasteiger partial charge in [-0.3, -0.25) is 9.69 Å². The Morgan fingerprint density at radius 1 is 1.06 bits per heavy atom. The van der Waals surface area contributed by atoms with E-state index in [0.717, 1.165) is 23.1 Å². The lowest BCUT2D eigenvalue weighted by atomic mass is 9.61. The lowest BCUT2D eigenvalue weighted by molar-refractivity contribution is -0.143. The molecular formula is C26H28N2O3. The Hall–Kier alpha value is -3.34. The minimum atomic E-state index is -0.997. The maximum Gasteiger partial charge on any atom is 0.356 e. The van der Waals surface area contributed by atoms with Gasteiger partial charge in [-0.15, -0.1) is 0 Å². The van der Waals surface area contributed by atoms with Gasteiger partial charge in [0.15, 0.2) is 5.70 Å². The SMILES string of the molecule is COC(=O)C1=C(N)[C@]2(CC(C)=C(C)C[C@H]2c2ccccc2)C(=O)N1Cc1ccccc1. The number of hydrogen-bond donors (Lipinski definition) is 1.